The fourth-order valence-corrected chi connectivity index (χ4v) is 5.20. The lowest BCUT2D eigenvalue weighted by Crippen LogP contribution is -2.55. The molecule has 2 rings (SSSR count). The number of carboxylic acids is 1. The van der Waals surface area contributed by atoms with Crippen molar-refractivity contribution in [2.45, 2.75) is 51.0 Å². The second-order valence-corrected chi connectivity index (χ2v) is 8.83. The Morgan fingerprint density at radius 1 is 1.35 bits per heavy atom. The Bertz CT molecular complexity index is 791. The van der Waals surface area contributed by atoms with Crippen LogP contribution in [0.2, 0.25) is 0 Å². The van der Waals surface area contributed by atoms with Crippen LogP contribution in [0.3, 0.4) is 0 Å². The van der Waals surface area contributed by atoms with Crippen LogP contribution in [0.15, 0.2) is 17.0 Å². The monoisotopic (exact) mass is 385 g/mol. The maximum atomic E-state index is 13.1. The van der Waals surface area contributed by atoms with Gasteiger partial charge in [0, 0.05) is 13.1 Å². The number of β-amino-alcohol motifs (C(OH)–C–C–N with tert-alkyl or cyclic N) is 1. The predicted octanol–water partition coefficient (Wildman–Crippen LogP) is 1.94. The molecule has 1 aliphatic heterocycles. The summed E-state index contributed by atoms with van der Waals surface area (Å²) in [6.45, 7) is 5.33. The number of benzene rings is 1. The number of methoxy groups -OCH3 is 1. The summed E-state index contributed by atoms with van der Waals surface area (Å²) in [6.07, 6.45) is -0.282. The van der Waals surface area contributed by atoms with Gasteiger partial charge in [0.2, 0.25) is 10.0 Å². The summed E-state index contributed by atoms with van der Waals surface area (Å²) in [5, 5.41) is 20.1. The summed E-state index contributed by atoms with van der Waals surface area (Å²) < 4.78 is 32.6. The quantitative estimate of drug-likeness (QED) is 0.775. The molecule has 26 heavy (non-hydrogen) atoms. The number of carbonyl (C=O) groups is 1. The first-order valence-corrected chi connectivity index (χ1v) is 10.1. The molecule has 0 spiro atoms. The normalized spacial score (nSPS) is 24.4. The minimum atomic E-state index is -3.91. The first kappa shape index (κ1) is 20.7. The van der Waals surface area contributed by atoms with Crippen LogP contribution in [0.1, 0.15) is 37.3 Å². The average Bonchev–Trinajstić information content (AvgIpc) is 2.58. The third kappa shape index (κ3) is 3.45. The minimum Gasteiger partial charge on any atom is -0.495 e. The van der Waals surface area contributed by atoms with E-state index in [-0.39, 0.29) is 30.2 Å². The molecule has 8 heteroatoms. The Hall–Kier alpha value is -1.64. The Labute approximate surface area is 154 Å². The van der Waals surface area contributed by atoms with Gasteiger partial charge in [0.15, 0.2) is 0 Å². The molecule has 0 saturated carbocycles. The van der Waals surface area contributed by atoms with E-state index in [4.69, 9.17) is 4.74 Å². The molecule has 0 amide bonds. The molecule has 7 nitrogen and oxygen atoms in total. The van der Waals surface area contributed by atoms with E-state index in [0.717, 1.165) is 15.4 Å². The van der Waals surface area contributed by atoms with Gasteiger partial charge in [0.05, 0.1) is 18.6 Å². The number of aliphatic hydroxyl groups excluding tert-OH is 1. The average molecular weight is 385 g/mol. The molecule has 2 N–H and O–H groups in total. The zero-order chi connectivity index (χ0) is 19.7. The molecule has 1 aromatic rings. The lowest BCUT2D eigenvalue weighted by atomic mass is 9.73. The number of ether oxygens (including phenoxy) is 1. The Morgan fingerprint density at radius 2 is 1.96 bits per heavy atom. The number of hydrogen-bond donors (Lipinski definition) is 2. The summed E-state index contributed by atoms with van der Waals surface area (Å²) in [5.74, 6) is -0.834. The summed E-state index contributed by atoms with van der Waals surface area (Å²) in [5.41, 5.74) is 0.425. The van der Waals surface area contributed by atoms with Crippen LogP contribution in [0.25, 0.3) is 0 Å². The summed E-state index contributed by atoms with van der Waals surface area (Å²) in [4.78, 5) is 11.8. The van der Waals surface area contributed by atoms with Crippen molar-refractivity contribution in [1.82, 2.24) is 4.31 Å². The van der Waals surface area contributed by atoms with Crippen molar-refractivity contribution in [3.8, 4) is 5.75 Å². The van der Waals surface area contributed by atoms with Crippen LogP contribution in [-0.4, -0.2) is 55.2 Å². The standard InChI is InChI=1S/C18H27NO6S/c1-5-6-18(17(21)22)7-8-19(11-16(18)20)26(23,24)15-10-13(3)12(2)9-14(15)25-4/h9-10,16,20H,5-8,11H2,1-4H3,(H,21,22)/t16-,18-/m0/s1. The highest BCUT2D eigenvalue weighted by Crippen LogP contribution is 2.39. The number of nitrogens with zero attached hydrogens (tertiary/aromatic N) is 1. The fraction of sp³-hybridized carbons (Fsp3) is 0.611. The SMILES string of the molecule is CCC[C@]1(C(=O)O)CCN(S(=O)(=O)c2cc(C)c(C)cc2OC)C[C@@H]1O. The molecule has 1 heterocycles. The second kappa shape index (κ2) is 7.54. The van der Waals surface area contributed by atoms with E-state index < -0.39 is 27.5 Å². The maximum Gasteiger partial charge on any atom is 0.312 e. The highest BCUT2D eigenvalue weighted by Gasteiger charge is 2.50. The van der Waals surface area contributed by atoms with Gasteiger partial charge in [0.1, 0.15) is 10.6 Å². The van der Waals surface area contributed by atoms with Gasteiger partial charge >= 0.3 is 5.97 Å². The molecule has 1 fully saturated rings. The molecule has 0 bridgehead atoms. The molecule has 1 aliphatic rings. The largest absolute Gasteiger partial charge is 0.495 e. The molecule has 0 aliphatic carbocycles. The van der Waals surface area contributed by atoms with Gasteiger partial charge in [-0.2, -0.15) is 4.31 Å². The maximum absolute atomic E-state index is 13.1. The molecule has 1 saturated heterocycles. The molecule has 2 atom stereocenters. The Kier molecular flexibility index (Phi) is 5.99. The summed E-state index contributed by atoms with van der Waals surface area (Å²) in [7, 11) is -2.50. The molecule has 1 aromatic carbocycles. The van der Waals surface area contributed by atoms with E-state index in [1.807, 2.05) is 20.8 Å². The summed E-state index contributed by atoms with van der Waals surface area (Å²) >= 11 is 0. The first-order valence-electron chi connectivity index (χ1n) is 8.67. The van der Waals surface area contributed by atoms with E-state index in [2.05, 4.69) is 0 Å². The van der Waals surface area contributed by atoms with E-state index in [9.17, 15) is 23.4 Å². The van der Waals surface area contributed by atoms with E-state index >= 15 is 0 Å². The van der Waals surface area contributed by atoms with Gasteiger partial charge in [-0.15, -0.1) is 0 Å². The van der Waals surface area contributed by atoms with Crippen molar-refractivity contribution in [3.63, 3.8) is 0 Å². The number of aryl methyl sites for hydroxylation is 2. The van der Waals surface area contributed by atoms with E-state index in [1.54, 1.807) is 12.1 Å². The van der Waals surface area contributed by atoms with Crippen molar-refractivity contribution >= 4 is 16.0 Å². The Morgan fingerprint density at radius 3 is 2.46 bits per heavy atom. The van der Waals surface area contributed by atoms with Crippen molar-refractivity contribution in [3.05, 3.63) is 23.3 Å². The van der Waals surface area contributed by atoms with Gasteiger partial charge in [-0.05, 0) is 49.9 Å². The van der Waals surface area contributed by atoms with Crippen molar-refractivity contribution in [2.24, 2.45) is 5.41 Å². The van der Waals surface area contributed by atoms with Gasteiger partial charge < -0.3 is 14.9 Å². The molecule has 0 aromatic heterocycles. The molecule has 146 valence electrons. The van der Waals surface area contributed by atoms with Gasteiger partial charge in [-0.25, -0.2) is 8.42 Å². The van der Waals surface area contributed by atoms with Gasteiger partial charge in [-0.3, -0.25) is 4.79 Å². The zero-order valence-electron chi connectivity index (χ0n) is 15.7. The number of sulfonamides is 1. The van der Waals surface area contributed by atoms with Gasteiger partial charge in [-0.1, -0.05) is 13.3 Å². The third-order valence-corrected chi connectivity index (χ3v) is 7.23. The number of aliphatic carboxylic acids is 1. The predicted molar refractivity (Wildman–Crippen MR) is 96.8 cm³/mol. The van der Waals surface area contributed by atoms with Crippen LogP contribution in [-0.2, 0) is 14.8 Å². The zero-order valence-corrected chi connectivity index (χ0v) is 16.5. The van der Waals surface area contributed by atoms with E-state index in [1.165, 1.54) is 7.11 Å². The van der Waals surface area contributed by atoms with Crippen molar-refractivity contribution in [2.75, 3.05) is 20.2 Å². The number of carboxylic acid groups (broad SMARTS) is 1. The van der Waals surface area contributed by atoms with Crippen LogP contribution >= 0.6 is 0 Å². The van der Waals surface area contributed by atoms with Crippen LogP contribution in [0.5, 0.6) is 5.75 Å². The summed E-state index contributed by atoms with van der Waals surface area (Å²) in [6, 6.07) is 3.22. The smallest absolute Gasteiger partial charge is 0.312 e. The molecule has 0 unspecified atom stereocenters. The fourth-order valence-electron chi connectivity index (χ4n) is 3.53. The van der Waals surface area contributed by atoms with Crippen LogP contribution < -0.4 is 4.74 Å². The minimum absolute atomic E-state index is 0.0358. The highest BCUT2D eigenvalue weighted by molar-refractivity contribution is 7.89. The van der Waals surface area contributed by atoms with Gasteiger partial charge in [0.25, 0.3) is 0 Å². The molecular weight excluding hydrogens is 358 g/mol. The number of rotatable bonds is 6. The number of aliphatic hydroxyl groups is 1. The van der Waals surface area contributed by atoms with Crippen LogP contribution in [0.4, 0.5) is 0 Å². The number of hydrogen-bond acceptors (Lipinski definition) is 5. The first-order chi connectivity index (χ1) is 12.1. The highest BCUT2D eigenvalue weighted by atomic mass is 32.2. The van der Waals surface area contributed by atoms with Crippen molar-refractivity contribution < 1.29 is 28.2 Å². The second-order valence-electron chi connectivity index (χ2n) is 6.93. The van der Waals surface area contributed by atoms with Crippen LogP contribution in [0, 0.1) is 19.3 Å². The lowest BCUT2D eigenvalue weighted by Gasteiger charge is -2.42. The van der Waals surface area contributed by atoms with Crippen molar-refractivity contribution in [1.29, 1.82) is 0 Å². The molecular formula is C18H27NO6S. The molecule has 0 radical (unpaired) electrons. The van der Waals surface area contributed by atoms with E-state index in [0.29, 0.717) is 12.8 Å². The number of piperidine rings is 1. The topological polar surface area (TPSA) is 104 Å². The lowest BCUT2D eigenvalue weighted by molar-refractivity contribution is -0.162. The third-order valence-electron chi connectivity index (χ3n) is 5.34. The Balaban J connectivity index is 2.39.